The third-order valence-electron chi connectivity index (χ3n) is 3.10. The van der Waals surface area contributed by atoms with Crippen LogP contribution in [0.25, 0.3) is 0 Å². The van der Waals surface area contributed by atoms with Gasteiger partial charge in [-0.3, -0.25) is 0 Å². The second-order valence-corrected chi connectivity index (χ2v) is 8.97. The molecule has 2 rings (SSSR count). The van der Waals surface area contributed by atoms with Gasteiger partial charge in [-0.25, -0.2) is 8.42 Å². The molecule has 7 heteroatoms. The van der Waals surface area contributed by atoms with Crippen molar-refractivity contribution in [3.63, 3.8) is 0 Å². The van der Waals surface area contributed by atoms with Crippen LogP contribution < -0.4 is 5.73 Å². The normalized spacial score (nSPS) is 12.2. The maximum atomic E-state index is 12.5. The van der Waals surface area contributed by atoms with Gasteiger partial charge in [-0.2, -0.15) is 4.31 Å². The van der Waals surface area contributed by atoms with Crippen LogP contribution in [0.5, 0.6) is 0 Å². The lowest BCUT2D eigenvalue weighted by atomic mass is 10.3. The summed E-state index contributed by atoms with van der Waals surface area (Å²) in [5.41, 5.74) is 6.56. The molecule has 0 aromatic carbocycles. The summed E-state index contributed by atoms with van der Waals surface area (Å²) in [4.78, 5) is 2.12. The molecule has 0 bridgehead atoms. The molecule has 0 radical (unpaired) electrons. The van der Waals surface area contributed by atoms with E-state index in [0.29, 0.717) is 17.3 Å². The molecule has 2 heterocycles. The summed E-state index contributed by atoms with van der Waals surface area (Å²) in [7, 11) is -1.78. The first-order valence-electron chi connectivity index (χ1n) is 6.23. The van der Waals surface area contributed by atoms with Gasteiger partial charge in [0.1, 0.15) is 4.21 Å². The Bertz CT molecular complexity index is 660. The monoisotopic (exact) mass is 330 g/mol. The Labute approximate surface area is 127 Å². The summed E-state index contributed by atoms with van der Waals surface area (Å²) in [6.45, 7) is 2.76. The van der Waals surface area contributed by atoms with Crippen molar-refractivity contribution in [3.8, 4) is 0 Å². The minimum absolute atomic E-state index is 0.379. The number of rotatable bonds is 6. The molecule has 2 aromatic heterocycles. The zero-order chi connectivity index (χ0) is 14.8. The molecular formula is C13H18N2O2S3. The van der Waals surface area contributed by atoms with Crippen molar-refractivity contribution >= 4 is 32.7 Å². The highest BCUT2D eigenvalue weighted by atomic mass is 32.2. The lowest BCUT2D eigenvalue weighted by molar-refractivity contribution is 0.475. The quantitative estimate of drug-likeness (QED) is 0.885. The molecule has 2 aromatic rings. The second-order valence-electron chi connectivity index (χ2n) is 4.53. The fourth-order valence-electron chi connectivity index (χ4n) is 1.81. The van der Waals surface area contributed by atoms with Gasteiger partial charge in [0.2, 0.25) is 0 Å². The van der Waals surface area contributed by atoms with Crippen molar-refractivity contribution in [3.05, 3.63) is 38.9 Å². The van der Waals surface area contributed by atoms with E-state index in [4.69, 9.17) is 5.73 Å². The fraction of sp³-hybridized carbons (Fsp3) is 0.385. The first-order valence-corrected chi connectivity index (χ1v) is 9.37. The van der Waals surface area contributed by atoms with Crippen LogP contribution in [0.2, 0.25) is 0 Å². The topological polar surface area (TPSA) is 63.4 Å². The molecule has 0 aliphatic carbocycles. The number of hydrogen-bond acceptors (Lipinski definition) is 5. The van der Waals surface area contributed by atoms with Crippen molar-refractivity contribution in [2.45, 2.75) is 24.1 Å². The number of hydrogen-bond donors (Lipinski definition) is 1. The van der Waals surface area contributed by atoms with Gasteiger partial charge in [0.05, 0.1) is 0 Å². The molecule has 20 heavy (non-hydrogen) atoms. The van der Waals surface area contributed by atoms with E-state index in [-0.39, 0.29) is 0 Å². The summed E-state index contributed by atoms with van der Waals surface area (Å²) in [5, 5.41) is 2.00. The average molecular weight is 331 g/mol. The summed E-state index contributed by atoms with van der Waals surface area (Å²) in [6, 6.07) is 5.71. The van der Waals surface area contributed by atoms with Crippen LogP contribution in [0.1, 0.15) is 15.3 Å². The van der Waals surface area contributed by atoms with Crippen molar-refractivity contribution < 1.29 is 8.42 Å². The van der Waals surface area contributed by atoms with Gasteiger partial charge in [-0.15, -0.1) is 22.7 Å². The third kappa shape index (κ3) is 3.29. The molecule has 0 aliphatic heterocycles. The summed E-state index contributed by atoms with van der Waals surface area (Å²) in [5.74, 6) is 0. The molecule has 0 aliphatic rings. The molecular weight excluding hydrogens is 312 g/mol. The van der Waals surface area contributed by atoms with E-state index >= 15 is 0 Å². The number of nitrogens with two attached hydrogens (primary N) is 1. The molecule has 0 saturated heterocycles. The van der Waals surface area contributed by atoms with Gasteiger partial charge in [0.25, 0.3) is 10.0 Å². The van der Waals surface area contributed by atoms with Gasteiger partial charge in [0, 0.05) is 29.9 Å². The van der Waals surface area contributed by atoms with Crippen LogP contribution in [0.4, 0.5) is 0 Å². The number of nitrogens with zero attached hydrogens (tertiary/aromatic N) is 1. The maximum absolute atomic E-state index is 12.5. The van der Waals surface area contributed by atoms with E-state index in [1.54, 1.807) is 24.5 Å². The van der Waals surface area contributed by atoms with Crippen LogP contribution >= 0.6 is 22.7 Å². The Morgan fingerprint density at radius 2 is 2.15 bits per heavy atom. The highest BCUT2D eigenvalue weighted by Crippen LogP contribution is 2.27. The highest BCUT2D eigenvalue weighted by Gasteiger charge is 2.23. The van der Waals surface area contributed by atoms with Crippen molar-refractivity contribution in [2.75, 3.05) is 13.6 Å². The largest absolute Gasteiger partial charge is 0.326 e. The van der Waals surface area contributed by atoms with Crippen LogP contribution in [0.15, 0.2) is 27.8 Å². The molecule has 0 saturated carbocycles. The Morgan fingerprint density at radius 3 is 2.70 bits per heavy atom. The Kier molecular flexibility index (Phi) is 4.98. The summed E-state index contributed by atoms with van der Waals surface area (Å²) < 4.78 is 26.7. The van der Waals surface area contributed by atoms with Gasteiger partial charge < -0.3 is 5.73 Å². The molecule has 4 nitrogen and oxygen atoms in total. The standard InChI is InChI=1S/C13H18N2O2S3/c1-10-8-13(19-12(10)9-14)20(16,17)15(2)6-5-11-4-3-7-18-11/h3-4,7-8H,5-6,9,14H2,1-2H3. The summed E-state index contributed by atoms with van der Waals surface area (Å²) in [6.07, 6.45) is 0.738. The first-order chi connectivity index (χ1) is 9.45. The Hall–Kier alpha value is -0.730. The second kappa shape index (κ2) is 6.36. The zero-order valence-electron chi connectivity index (χ0n) is 11.5. The maximum Gasteiger partial charge on any atom is 0.252 e. The van der Waals surface area contributed by atoms with Gasteiger partial charge >= 0.3 is 0 Å². The third-order valence-corrected chi connectivity index (χ3v) is 7.60. The molecule has 0 fully saturated rings. The molecule has 110 valence electrons. The highest BCUT2D eigenvalue weighted by molar-refractivity contribution is 7.91. The van der Waals surface area contributed by atoms with E-state index in [9.17, 15) is 8.42 Å². The van der Waals surface area contributed by atoms with Crippen molar-refractivity contribution in [2.24, 2.45) is 5.73 Å². The van der Waals surface area contributed by atoms with Crippen molar-refractivity contribution in [1.82, 2.24) is 4.31 Å². The van der Waals surface area contributed by atoms with Crippen LogP contribution in [0.3, 0.4) is 0 Å². The molecule has 2 N–H and O–H groups in total. The molecule has 0 spiro atoms. The fourth-order valence-corrected chi connectivity index (χ4v) is 5.36. The minimum atomic E-state index is -3.40. The lowest BCUT2D eigenvalue weighted by Crippen LogP contribution is -2.28. The Morgan fingerprint density at radius 1 is 1.40 bits per heavy atom. The smallest absolute Gasteiger partial charge is 0.252 e. The minimum Gasteiger partial charge on any atom is -0.326 e. The SMILES string of the molecule is Cc1cc(S(=O)(=O)N(C)CCc2cccs2)sc1CN. The zero-order valence-corrected chi connectivity index (χ0v) is 13.9. The van der Waals surface area contributed by atoms with Crippen molar-refractivity contribution in [1.29, 1.82) is 0 Å². The lowest BCUT2D eigenvalue weighted by Gasteiger charge is -2.15. The van der Waals surface area contributed by atoms with Crippen LogP contribution in [0, 0.1) is 6.92 Å². The first kappa shape index (κ1) is 15.7. The van der Waals surface area contributed by atoms with Gasteiger partial charge in [-0.05, 0) is 36.4 Å². The van der Waals surface area contributed by atoms with E-state index in [1.165, 1.54) is 20.5 Å². The van der Waals surface area contributed by atoms with Crippen LogP contribution in [-0.2, 0) is 23.0 Å². The number of aryl methyl sites for hydroxylation is 1. The Balaban J connectivity index is 2.12. The van der Waals surface area contributed by atoms with E-state index in [0.717, 1.165) is 16.9 Å². The number of sulfonamides is 1. The van der Waals surface area contributed by atoms with E-state index < -0.39 is 10.0 Å². The summed E-state index contributed by atoms with van der Waals surface area (Å²) >= 11 is 2.91. The van der Waals surface area contributed by atoms with Gasteiger partial charge in [-0.1, -0.05) is 6.07 Å². The molecule has 0 unspecified atom stereocenters. The predicted octanol–water partition coefficient (Wildman–Crippen LogP) is 2.44. The number of likely N-dealkylation sites (N-methyl/N-ethyl adjacent to an activating group) is 1. The van der Waals surface area contributed by atoms with Gasteiger partial charge in [0.15, 0.2) is 0 Å². The van der Waals surface area contributed by atoms with E-state index in [1.807, 2.05) is 24.4 Å². The molecule has 0 atom stereocenters. The van der Waals surface area contributed by atoms with E-state index in [2.05, 4.69) is 0 Å². The number of thiophene rings is 2. The van der Waals surface area contributed by atoms with Crippen LogP contribution in [-0.4, -0.2) is 26.3 Å². The predicted molar refractivity (Wildman–Crippen MR) is 84.8 cm³/mol. The molecule has 0 amide bonds. The average Bonchev–Trinajstić information content (AvgIpc) is 3.04.